The predicted octanol–water partition coefficient (Wildman–Crippen LogP) is 6.49. The number of hydrogen-bond donors (Lipinski definition) is 0. The van der Waals surface area contributed by atoms with Crippen molar-refractivity contribution in [2.75, 3.05) is 14.2 Å². The molecule has 5 rings (SSSR count). The summed E-state index contributed by atoms with van der Waals surface area (Å²) in [7, 11) is 3.47. The maximum atomic E-state index is 13.4. The molecule has 5 aromatic rings. The van der Waals surface area contributed by atoms with Crippen molar-refractivity contribution in [1.82, 2.24) is 19.7 Å². The Labute approximate surface area is 220 Å². The van der Waals surface area contributed by atoms with E-state index in [4.69, 9.17) is 4.74 Å². The zero-order valence-corrected chi connectivity index (χ0v) is 21.4. The Bertz CT molecular complexity index is 1550. The standard InChI is InChI=1S/C30H26N4O2S/c1-33(21-22-10-13-25(36-2)14-11-22)30(35)27-8-3-4-9-29(27)37-26-15-12-23-20-32-34(28(23)19-26)18-16-24-7-5-6-17-31-24/h3-20H,21H2,1-2H3. The lowest BCUT2D eigenvalue weighted by Gasteiger charge is -2.19. The highest BCUT2D eigenvalue weighted by atomic mass is 32.2. The van der Waals surface area contributed by atoms with Gasteiger partial charge in [0.05, 0.1) is 30.1 Å². The Hall–Kier alpha value is -4.36. The first kappa shape index (κ1) is 24.3. The van der Waals surface area contributed by atoms with Crippen molar-refractivity contribution in [3.63, 3.8) is 0 Å². The predicted molar refractivity (Wildman–Crippen MR) is 149 cm³/mol. The zero-order chi connectivity index (χ0) is 25.6. The average molecular weight is 507 g/mol. The number of rotatable bonds is 8. The first-order chi connectivity index (χ1) is 18.1. The van der Waals surface area contributed by atoms with Gasteiger partial charge in [-0.2, -0.15) is 5.10 Å². The smallest absolute Gasteiger partial charge is 0.255 e. The molecular weight excluding hydrogens is 480 g/mol. The minimum Gasteiger partial charge on any atom is -0.497 e. The van der Waals surface area contributed by atoms with E-state index in [0.717, 1.165) is 37.7 Å². The summed E-state index contributed by atoms with van der Waals surface area (Å²) in [5.41, 5.74) is 3.56. The molecule has 0 aliphatic heterocycles. The van der Waals surface area contributed by atoms with Gasteiger partial charge in [-0.15, -0.1) is 0 Å². The quantitative estimate of drug-likeness (QED) is 0.241. The topological polar surface area (TPSA) is 60.2 Å². The molecule has 0 saturated heterocycles. The first-order valence-corrected chi connectivity index (χ1v) is 12.6. The second kappa shape index (κ2) is 11.1. The van der Waals surface area contributed by atoms with Gasteiger partial charge in [0.25, 0.3) is 5.91 Å². The molecule has 0 bridgehead atoms. The van der Waals surface area contributed by atoms with Crippen molar-refractivity contribution >= 4 is 40.8 Å². The summed E-state index contributed by atoms with van der Waals surface area (Å²) in [6, 6.07) is 27.5. The van der Waals surface area contributed by atoms with Crippen molar-refractivity contribution in [2.45, 2.75) is 16.3 Å². The van der Waals surface area contributed by atoms with Gasteiger partial charge in [-0.05, 0) is 60.2 Å². The van der Waals surface area contributed by atoms with Gasteiger partial charge in [-0.25, -0.2) is 4.68 Å². The number of methoxy groups -OCH3 is 1. The van der Waals surface area contributed by atoms with Crippen molar-refractivity contribution in [1.29, 1.82) is 0 Å². The molecule has 0 spiro atoms. The van der Waals surface area contributed by atoms with Gasteiger partial charge < -0.3 is 9.64 Å². The van der Waals surface area contributed by atoms with Crippen molar-refractivity contribution < 1.29 is 9.53 Å². The van der Waals surface area contributed by atoms with Crippen LogP contribution in [0.25, 0.3) is 23.2 Å². The largest absolute Gasteiger partial charge is 0.497 e. The van der Waals surface area contributed by atoms with Crippen LogP contribution in [0.3, 0.4) is 0 Å². The Balaban J connectivity index is 1.36. The van der Waals surface area contributed by atoms with Gasteiger partial charge >= 0.3 is 0 Å². The molecule has 0 atom stereocenters. The number of fused-ring (bicyclic) bond motifs is 1. The molecule has 3 aromatic carbocycles. The van der Waals surface area contributed by atoms with Gasteiger partial charge in [0, 0.05) is 41.2 Å². The molecule has 37 heavy (non-hydrogen) atoms. The van der Waals surface area contributed by atoms with Crippen molar-refractivity contribution in [3.05, 3.63) is 114 Å². The Morgan fingerprint density at radius 1 is 1.03 bits per heavy atom. The van der Waals surface area contributed by atoms with Crippen LogP contribution < -0.4 is 4.74 Å². The van der Waals surface area contributed by atoms with Gasteiger partial charge in [-0.3, -0.25) is 9.78 Å². The van der Waals surface area contributed by atoms with Crippen LogP contribution in [0.5, 0.6) is 5.75 Å². The van der Waals surface area contributed by atoms with E-state index in [1.807, 2.05) is 96.9 Å². The fraction of sp³-hybridized carbons (Fsp3) is 0.100. The fourth-order valence-electron chi connectivity index (χ4n) is 3.96. The van der Waals surface area contributed by atoms with Crippen molar-refractivity contribution in [3.8, 4) is 5.75 Å². The molecule has 2 aromatic heterocycles. The lowest BCUT2D eigenvalue weighted by Crippen LogP contribution is -2.26. The van der Waals surface area contributed by atoms with Gasteiger partial charge in [0.2, 0.25) is 0 Å². The lowest BCUT2D eigenvalue weighted by atomic mass is 10.1. The molecule has 0 N–H and O–H groups in total. The van der Waals surface area contributed by atoms with E-state index in [-0.39, 0.29) is 5.91 Å². The summed E-state index contributed by atoms with van der Waals surface area (Å²) in [4.78, 5) is 21.4. The third kappa shape index (κ3) is 5.73. The molecule has 184 valence electrons. The second-order valence-electron chi connectivity index (χ2n) is 8.49. The molecule has 0 saturated carbocycles. The highest BCUT2D eigenvalue weighted by molar-refractivity contribution is 7.99. The van der Waals surface area contributed by atoms with E-state index < -0.39 is 0 Å². The van der Waals surface area contributed by atoms with Crippen molar-refractivity contribution in [2.24, 2.45) is 0 Å². The molecule has 0 aliphatic carbocycles. The minimum atomic E-state index is -0.0247. The SMILES string of the molecule is COc1ccc(CN(C)C(=O)c2ccccc2Sc2ccc3cnn(C=Cc4ccccn4)c3c2)cc1. The lowest BCUT2D eigenvalue weighted by molar-refractivity contribution is 0.0781. The van der Waals surface area contributed by atoms with E-state index in [2.05, 4.69) is 28.3 Å². The number of pyridine rings is 1. The Morgan fingerprint density at radius 2 is 1.84 bits per heavy atom. The number of carbonyl (C=O) groups is 1. The molecule has 1 amide bonds. The van der Waals surface area contributed by atoms with Crippen LogP contribution in [0.15, 0.2) is 107 Å². The molecular formula is C30H26N4O2S. The van der Waals surface area contributed by atoms with Gasteiger partial charge in [-0.1, -0.05) is 48.2 Å². The van der Waals surface area contributed by atoms with Crippen LogP contribution in [0.2, 0.25) is 0 Å². The number of nitrogens with zero attached hydrogens (tertiary/aromatic N) is 4. The average Bonchev–Trinajstić information content (AvgIpc) is 3.35. The molecule has 7 heteroatoms. The van der Waals surface area contributed by atoms with Crippen LogP contribution in [0.1, 0.15) is 21.6 Å². The highest BCUT2D eigenvalue weighted by Crippen LogP contribution is 2.33. The van der Waals surface area contributed by atoms with Crippen LogP contribution >= 0.6 is 11.8 Å². The Morgan fingerprint density at radius 3 is 2.62 bits per heavy atom. The Kier molecular flexibility index (Phi) is 7.33. The maximum Gasteiger partial charge on any atom is 0.255 e. The first-order valence-electron chi connectivity index (χ1n) is 11.8. The van der Waals surface area contributed by atoms with E-state index in [9.17, 15) is 4.79 Å². The fourth-order valence-corrected chi connectivity index (χ4v) is 4.94. The molecule has 0 radical (unpaired) electrons. The van der Waals surface area contributed by atoms with E-state index >= 15 is 0 Å². The number of hydrogen-bond acceptors (Lipinski definition) is 5. The minimum absolute atomic E-state index is 0.0247. The van der Waals surface area contributed by atoms with Crippen LogP contribution in [-0.4, -0.2) is 39.7 Å². The molecule has 6 nitrogen and oxygen atoms in total. The van der Waals surface area contributed by atoms with Crippen LogP contribution in [0.4, 0.5) is 0 Å². The molecule has 0 unspecified atom stereocenters. The summed E-state index contributed by atoms with van der Waals surface area (Å²) in [6.07, 6.45) is 7.45. The number of ether oxygens (including phenoxy) is 1. The van der Waals surface area contributed by atoms with Crippen LogP contribution in [0, 0.1) is 0 Å². The number of amides is 1. The van der Waals surface area contributed by atoms with E-state index in [0.29, 0.717) is 12.1 Å². The van der Waals surface area contributed by atoms with E-state index in [1.165, 1.54) is 0 Å². The van der Waals surface area contributed by atoms with Gasteiger partial charge in [0.15, 0.2) is 0 Å². The zero-order valence-electron chi connectivity index (χ0n) is 20.6. The highest BCUT2D eigenvalue weighted by Gasteiger charge is 2.17. The van der Waals surface area contributed by atoms with Gasteiger partial charge in [0.1, 0.15) is 5.75 Å². The van der Waals surface area contributed by atoms with Crippen LogP contribution in [-0.2, 0) is 6.54 Å². The number of benzene rings is 3. The summed E-state index contributed by atoms with van der Waals surface area (Å²) in [5.74, 6) is 0.772. The number of carbonyl (C=O) groups excluding carboxylic acids is 1. The monoisotopic (exact) mass is 506 g/mol. The molecule has 0 fully saturated rings. The second-order valence-corrected chi connectivity index (χ2v) is 9.60. The molecule has 2 heterocycles. The summed E-state index contributed by atoms with van der Waals surface area (Å²) in [6.45, 7) is 0.510. The normalized spacial score (nSPS) is 11.2. The summed E-state index contributed by atoms with van der Waals surface area (Å²) in [5, 5.41) is 5.54. The summed E-state index contributed by atoms with van der Waals surface area (Å²) >= 11 is 1.57. The molecule has 0 aliphatic rings. The number of aromatic nitrogens is 3. The third-order valence-corrected chi connectivity index (χ3v) is 6.98. The maximum absolute atomic E-state index is 13.4. The third-order valence-electron chi connectivity index (χ3n) is 5.91. The van der Waals surface area contributed by atoms with E-state index in [1.54, 1.807) is 30.0 Å². The summed E-state index contributed by atoms with van der Waals surface area (Å²) < 4.78 is 7.07.